The van der Waals surface area contributed by atoms with Gasteiger partial charge in [0.1, 0.15) is 6.54 Å². The summed E-state index contributed by atoms with van der Waals surface area (Å²) in [4.78, 5) is 11.5. The summed E-state index contributed by atoms with van der Waals surface area (Å²) in [5.41, 5.74) is 2.11. The summed E-state index contributed by atoms with van der Waals surface area (Å²) in [5.74, 6) is -0.276. The molecular formula is C16H21ClN2O2. The van der Waals surface area contributed by atoms with E-state index in [-0.39, 0.29) is 18.1 Å². The molecule has 0 bridgehead atoms. The van der Waals surface area contributed by atoms with Gasteiger partial charge in [-0.2, -0.15) is 0 Å². The maximum atomic E-state index is 11.5. The van der Waals surface area contributed by atoms with Gasteiger partial charge in [0.25, 0.3) is 0 Å². The predicted octanol–water partition coefficient (Wildman–Crippen LogP) is 3.36. The largest absolute Gasteiger partial charge is 0.468 e. The number of halogens is 1. The van der Waals surface area contributed by atoms with Gasteiger partial charge in [0.05, 0.1) is 12.6 Å². The Morgan fingerprint density at radius 3 is 2.71 bits per heavy atom. The van der Waals surface area contributed by atoms with E-state index in [0.717, 1.165) is 23.0 Å². The van der Waals surface area contributed by atoms with Gasteiger partial charge in [0.2, 0.25) is 0 Å². The van der Waals surface area contributed by atoms with Crippen molar-refractivity contribution in [1.29, 1.82) is 0 Å². The van der Waals surface area contributed by atoms with E-state index in [1.165, 1.54) is 7.11 Å². The van der Waals surface area contributed by atoms with Gasteiger partial charge in [-0.15, -0.1) is 0 Å². The van der Waals surface area contributed by atoms with Gasteiger partial charge >= 0.3 is 5.97 Å². The lowest BCUT2D eigenvalue weighted by Gasteiger charge is -2.20. The summed E-state index contributed by atoms with van der Waals surface area (Å²) >= 11 is 6.07. The molecule has 0 saturated carbocycles. The van der Waals surface area contributed by atoms with Crippen LogP contribution < -0.4 is 5.32 Å². The molecule has 0 aliphatic heterocycles. The fraction of sp³-hybridized carbons (Fsp3) is 0.438. The van der Waals surface area contributed by atoms with Gasteiger partial charge < -0.3 is 14.6 Å². The normalized spacial score (nSPS) is 11.9. The van der Waals surface area contributed by atoms with Crippen molar-refractivity contribution in [2.45, 2.75) is 39.4 Å². The highest BCUT2D eigenvalue weighted by molar-refractivity contribution is 6.31. The molecule has 0 unspecified atom stereocenters. The average molecular weight is 309 g/mol. The molecule has 1 aromatic heterocycles. The van der Waals surface area contributed by atoms with Crippen LogP contribution in [0.2, 0.25) is 5.02 Å². The molecule has 1 aromatic carbocycles. The van der Waals surface area contributed by atoms with Crippen LogP contribution in [-0.4, -0.2) is 23.2 Å². The van der Waals surface area contributed by atoms with Crippen LogP contribution in [0.4, 0.5) is 0 Å². The van der Waals surface area contributed by atoms with Crippen molar-refractivity contribution >= 4 is 28.5 Å². The Labute approximate surface area is 130 Å². The van der Waals surface area contributed by atoms with Crippen molar-refractivity contribution < 1.29 is 9.53 Å². The number of nitrogens with one attached hydrogen (secondary N) is 1. The Hall–Kier alpha value is -1.52. The topological polar surface area (TPSA) is 43.3 Å². The third-order valence-electron chi connectivity index (χ3n) is 3.26. The number of carbonyl (C=O) groups is 1. The molecular weight excluding hydrogens is 288 g/mol. The van der Waals surface area contributed by atoms with Gasteiger partial charge in [0.15, 0.2) is 0 Å². The first-order chi connectivity index (χ1) is 9.80. The van der Waals surface area contributed by atoms with Gasteiger partial charge in [-0.05, 0) is 38.5 Å². The minimum atomic E-state index is -0.276. The van der Waals surface area contributed by atoms with Crippen molar-refractivity contribution in [1.82, 2.24) is 9.88 Å². The standard InChI is InChI=1S/C16H21ClN2O2/c1-16(2,3)18-8-11-9-19(10-15(20)21-4)14-7-12(17)5-6-13(11)14/h5-7,9,18H,8,10H2,1-4H3. The number of rotatable bonds is 4. The number of methoxy groups -OCH3 is 1. The van der Waals surface area contributed by atoms with Crippen LogP contribution in [0, 0.1) is 0 Å². The number of esters is 1. The van der Waals surface area contributed by atoms with Crippen LogP contribution >= 0.6 is 11.6 Å². The molecule has 0 spiro atoms. The fourth-order valence-electron chi connectivity index (χ4n) is 2.18. The molecule has 0 aliphatic rings. The van der Waals surface area contributed by atoms with E-state index in [9.17, 15) is 4.79 Å². The molecule has 0 radical (unpaired) electrons. The molecule has 0 aliphatic carbocycles. The molecule has 5 heteroatoms. The minimum absolute atomic E-state index is 0.0310. The summed E-state index contributed by atoms with van der Waals surface area (Å²) in [5, 5.41) is 5.22. The molecule has 114 valence electrons. The number of hydrogen-bond donors (Lipinski definition) is 1. The van der Waals surface area contributed by atoms with E-state index in [1.54, 1.807) is 0 Å². The maximum Gasteiger partial charge on any atom is 0.325 e. The highest BCUT2D eigenvalue weighted by Crippen LogP contribution is 2.25. The summed E-state index contributed by atoms with van der Waals surface area (Å²) in [6, 6.07) is 5.73. The van der Waals surface area contributed by atoms with Crippen molar-refractivity contribution in [3.63, 3.8) is 0 Å². The van der Waals surface area contributed by atoms with Gasteiger partial charge in [0, 0.05) is 28.7 Å². The molecule has 1 heterocycles. The van der Waals surface area contributed by atoms with Crippen molar-refractivity contribution in [3.05, 3.63) is 35.0 Å². The predicted molar refractivity (Wildman–Crippen MR) is 85.6 cm³/mol. The summed E-state index contributed by atoms with van der Waals surface area (Å²) < 4.78 is 6.63. The van der Waals surface area contributed by atoms with Gasteiger partial charge in [-0.25, -0.2) is 0 Å². The molecule has 0 atom stereocenters. The second-order valence-electron chi connectivity index (χ2n) is 6.12. The number of hydrogen-bond acceptors (Lipinski definition) is 3. The van der Waals surface area contributed by atoms with E-state index in [2.05, 4.69) is 26.1 Å². The van der Waals surface area contributed by atoms with Crippen LogP contribution in [-0.2, 0) is 22.6 Å². The number of carbonyl (C=O) groups excluding carboxylic acids is 1. The highest BCUT2D eigenvalue weighted by atomic mass is 35.5. The summed E-state index contributed by atoms with van der Waals surface area (Å²) in [6.07, 6.45) is 1.98. The molecule has 21 heavy (non-hydrogen) atoms. The molecule has 0 amide bonds. The number of fused-ring (bicyclic) bond motifs is 1. The molecule has 2 rings (SSSR count). The van der Waals surface area contributed by atoms with E-state index < -0.39 is 0 Å². The Balaban J connectivity index is 2.39. The van der Waals surface area contributed by atoms with E-state index in [0.29, 0.717) is 5.02 Å². The molecule has 1 N–H and O–H groups in total. The summed E-state index contributed by atoms with van der Waals surface area (Å²) in [6.45, 7) is 7.28. The van der Waals surface area contributed by atoms with Crippen LogP contribution in [0.15, 0.2) is 24.4 Å². The SMILES string of the molecule is COC(=O)Cn1cc(CNC(C)(C)C)c2ccc(Cl)cc21. The second kappa shape index (κ2) is 6.08. The molecule has 0 fully saturated rings. The zero-order valence-electron chi connectivity index (χ0n) is 12.9. The van der Waals surface area contributed by atoms with E-state index >= 15 is 0 Å². The van der Waals surface area contributed by atoms with Crippen LogP contribution in [0.5, 0.6) is 0 Å². The second-order valence-corrected chi connectivity index (χ2v) is 6.56. The van der Waals surface area contributed by atoms with Crippen molar-refractivity contribution in [2.75, 3.05) is 7.11 Å². The van der Waals surface area contributed by atoms with Crippen molar-refractivity contribution in [3.8, 4) is 0 Å². The summed E-state index contributed by atoms with van der Waals surface area (Å²) in [7, 11) is 1.39. The zero-order chi connectivity index (χ0) is 15.6. The Kier molecular flexibility index (Phi) is 4.59. The third-order valence-corrected chi connectivity index (χ3v) is 3.50. The molecule has 0 saturated heterocycles. The van der Waals surface area contributed by atoms with Crippen LogP contribution in [0.3, 0.4) is 0 Å². The Morgan fingerprint density at radius 1 is 1.38 bits per heavy atom. The first-order valence-corrected chi connectivity index (χ1v) is 7.27. The number of benzene rings is 1. The monoisotopic (exact) mass is 308 g/mol. The number of nitrogens with zero attached hydrogens (tertiary/aromatic N) is 1. The lowest BCUT2D eigenvalue weighted by atomic mass is 10.1. The van der Waals surface area contributed by atoms with Gasteiger partial charge in [-0.1, -0.05) is 17.7 Å². The van der Waals surface area contributed by atoms with Crippen LogP contribution in [0.25, 0.3) is 10.9 Å². The highest BCUT2D eigenvalue weighted by Gasteiger charge is 2.14. The quantitative estimate of drug-likeness (QED) is 0.881. The van der Waals surface area contributed by atoms with Crippen molar-refractivity contribution in [2.24, 2.45) is 0 Å². The van der Waals surface area contributed by atoms with Gasteiger partial charge in [-0.3, -0.25) is 4.79 Å². The molecule has 2 aromatic rings. The average Bonchev–Trinajstić information content (AvgIpc) is 2.73. The van der Waals surface area contributed by atoms with Crippen LogP contribution in [0.1, 0.15) is 26.3 Å². The number of aromatic nitrogens is 1. The minimum Gasteiger partial charge on any atom is -0.468 e. The van der Waals surface area contributed by atoms with E-state index in [4.69, 9.17) is 16.3 Å². The first-order valence-electron chi connectivity index (χ1n) is 6.89. The Bertz CT molecular complexity index is 656. The smallest absolute Gasteiger partial charge is 0.325 e. The van der Waals surface area contributed by atoms with E-state index in [1.807, 2.05) is 29.0 Å². The lowest BCUT2D eigenvalue weighted by molar-refractivity contribution is -0.141. The first kappa shape index (κ1) is 15.9. The third kappa shape index (κ3) is 3.99. The zero-order valence-corrected chi connectivity index (χ0v) is 13.6. The Morgan fingerprint density at radius 2 is 2.10 bits per heavy atom. The number of ether oxygens (including phenoxy) is 1. The fourth-order valence-corrected chi connectivity index (χ4v) is 2.34. The maximum absolute atomic E-state index is 11.5. The lowest BCUT2D eigenvalue weighted by Crippen LogP contribution is -2.35. The molecule has 4 nitrogen and oxygen atoms in total.